The molecule has 0 aliphatic heterocycles. The van der Waals surface area contributed by atoms with Crippen molar-refractivity contribution in [1.29, 1.82) is 0 Å². The third-order valence-corrected chi connectivity index (χ3v) is 9.77. The van der Waals surface area contributed by atoms with Crippen LogP contribution in [-0.2, 0) is 0 Å². The van der Waals surface area contributed by atoms with Crippen LogP contribution in [0.3, 0.4) is 0 Å². The van der Waals surface area contributed by atoms with Gasteiger partial charge in [-0.3, -0.25) is 0 Å². The van der Waals surface area contributed by atoms with Crippen LogP contribution >= 0.6 is 11.3 Å². The Bertz CT molecular complexity index is 2460. The zero-order valence-electron chi connectivity index (χ0n) is 24.8. The second-order valence-electron chi connectivity index (χ2n) is 11.4. The molecule has 0 N–H and O–H groups in total. The Hall–Kier alpha value is -5.84. The number of hydrogen-bond donors (Lipinski definition) is 0. The summed E-state index contributed by atoms with van der Waals surface area (Å²) in [5.41, 5.74) is 9.57. The van der Waals surface area contributed by atoms with E-state index in [1.807, 2.05) is 0 Å². The summed E-state index contributed by atoms with van der Waals surface area (Å²) in [6.07, 6.45) is 0. The lowest BCUT2D eigenvalue weighted by Gasteiger charge is -2.15. The molecule has 6 aromatic carbocycles. The maximum Gasteiger partial charge on any atom is 0.162 e. The van der Waals surface area contributed by atoms with Gasteiger partial charge >= 0.3 is 0 Å². The van der Waals surface area contributed by atoms with Crippen LogP contribution < -0.4 is 0 Å². The van der Waals surface area contributed by atoms with Gasteiger partial charge in [0.05, 0.1) is 33.0 Å². The first-order valence-electron chi connectivity index (χ1n) is 15.4. The minimum Gasteiger partial charge on any atom is -0.309 e. The van der Waals surface area contributed by atoms with Gasteiger partial charge < -0.3 is 4.57 Å². The van der Waals surface area contributed by atoms with Gasteiger partial charge in [0.25, 0.3) is 0 Å². The first kappa shape index (κ1) is 26.6. The van der Waals surface area contributed by atoms with Crippen molar-refractivity contribution in [2.75, 3.05) is 0 Å². The molecule has 0 aliphatic carbocycles. The van der Waals surface area contributed by atoms with E-state index in [4.69, 9.17) is 9.97 Å². The molecule has 3 nitrogen and oxygen atoms in total. The van der Waals surface area contributed by atoms with Gasteiger partial charge in [0.2, 0.25) is 0 Å². The molecule has 3 heterocycles. The average Bonchev–Trinajstić information content (AvgIpc) is 3.72. The average molecular weight is 606 g/mol. The lowest BCUT2D eigenvalue weighted by molar-refractivity contribution is 1.14. The number of fused-ring (bicyclic) bond motifs is 4. The van der Waals surface area contributed by atoms with Crippen LogP contribution in [0.5, 0.6) is 0 Å². The molecule has 0 saturated heterocycles. The van der Waals surface area contributed by atoms with E-state index < -0.39 is 0 Å². The fourth-order valence-corrected chi connectivity index (χ4v) is 7.50. The fourth-order valence-electron chi connectivity index (χ4n) is 6.48. The van der Waals surface area contributed by atoms with E-state index in [-0.39, 0.29) is 0 Å². The lowest BCUT2D eigenvalue weighted by Crippen LogP contribution is -2.01. The van der Waals surface area contributed by atoms with Gasteiger partial charge in [-0.05, 0) is 65.0 Å². The number of benzene rings is 6. The molecular weight excluding hydrogens is 579 g/mol. The first-order chi connectivity index (χ1) is 22.8. The standard InChI is InChI=1S/C42H27N3S/c1-2-13-28(14-3-1)29-16-12-17-30(25-29)35-27-36(41-26-31-15-4-11-24-40(31)46-41)44-42(43-35)34-20-7-10-23-39(34)45-37-21-8-5-18-32(37)33-19-6-9-22-38(33)45/h1-27H. The van der Waals surface area contributed by atoms with Crippen LogP contribution in [0, 0.1) is 0 Å². The molecule has 46 heavy (non-hydrogen) atoms. The number of para-hydroxylation sites is 3. The first-order valence-corrected chi connectivity index (χ1v) is 16.2. The molecule has 0 radical (unpaired) electrons. The molecule has 216 valence electrons. The smallest absolute Gasteiger partial charge is 0.162 e. The summed E-state index contributed by atoms with van der Waals surface area (Å²) in [5.74, 6) is 0.701. The van der Waals surface area contributed by atoms with E-state index in [1.54, 1.807) is 11.3 Å². The zero-order valence-corrected chi connectivity index (χ0v) is 25.7. The molecule has 0 fully saturated rings. The van der Waals surface area contributed by atoms with Crippen LogP contribution in [0.4, 0.5) is 0 Å². The van der Waals surface area contributed by atoms with E-state index in [0.29, 0.717) is 5.82 Å². The highest BCUT2D eigenvalue weighted by Crippen LogP contribution is 2.39. The van der Waals surface area contributed by atoms with Gasteiger partial charge in [-0.15, -0.1) is 11.3 Å². The number of hydrogen-bond acceptors (Lipinski definition) is 3. The highest BCUT2D eigenvalue weighted by molar-refractivity contribution is 7.22. The molecule has 9 rings (SSSR count). The van der Waals surface area contributed by atoms with Crippen molar-refractivity contribution in [3.63, 3.8) is 0 Å². The Balaban J connectivity index is 1.29. The van der Waals surface area contributed by atoms with Crippen molar-refractivity contribution >= 4 is 43.2 Å². The van der Waals surface area contributed by atoms with E-state index in [1.165, 1.54) is 26.4 Å². The van der Waals surface area contributed by atoms with E-state index in [9.17, 15) is 0 Å². The molecule has 9 aromatic rings. The highest BCUT2D eigenvalue weighted by atomic mass is 32.1. The van der Waals surface area contributed by atoms with E-state index in [2.05, 4.69) is 168 Å². The Kier molecular flexibility index (Phi) is 6.32. The molecule has 3 aromatic heterocycles. The predicted molar refractivity (Wildman–Crippen MR) is 193 cm³/mol. The number of rotatable bonds is 5. The summed E-state index contributed by atoms with van der Waals surface area (Å²) in [5, 5.41) is 3.68. The van der Waals surface area contributed by atoms with Crippen molar-refractivity contribution in [3.05, 3.63) is 164 Å². The van der Waals surface area contributed by atoms with Gasteiger partial charge in [-0.1, -0.05) is 115 Å². The number of thiophene rings is 1. The lowest BCUT2D eigenvalue weighted by atomic mass is 10.0. The monoisotopic (exact) mass is 605 g/mol. The maximum absolute atomic E-state index is 5.30. The Morgan fingerprint density at radius 1 is 0.457 bits per heavy atom. The molecule has 0 bridgehead atoms. The molecule has 0 atom stereocenters. The Morgan fingerprint density at radius 2 is 1.09 bits per heavy atom. The molecule has 4 heteroatoms. The normalized spacial score (nSPS) is 11.5. The van der Waals surface area contributed by atoms with Gasteiger partial charge in [-0.25, -0.2) is 9.97 Å². The van der Waals surface area contributed by atoms with Crippen molar-refractivity contribution < 1.29 is 0 Å². The highest BCUT2D eigenvalue weighted by Gasteiger charge is 2.19. The minimum absolute atomic E-state index is 0.701. The zero-order chi connectivity index (χ0) is 30.5. The quantitative estimate of drug-likeness (QED) is 0.195. The Morgan fingerprint density at radius 3 is 1.89 bits per heavy atom. The van der Waals surface area contributed by atoms with Crippen LogP contribution in [-0.4, -0.2) is 14.5 Å². The topological polar surface area (TPSA) is 30.7 Å². The van der Waals surface area contributed by atoms with Gasteiger partial charge in [-0.2, -0.15) is 0 Å². The molecular formula is C42H27N3S. The number of aromatic nitrogens is 3. The summed E-state index contributed by atoms with van der Waals surface area (Å²) >= 11 is 1.77. The predicted octanol–water partition coefficient (Wildman–Crippen LogP) is 11.5. The van der Waals surface area contributed by atoms with Crippen molar-refractivity contribution in [3.8, 4) is 50.0 Å². The summed E-state index contributed by atoms with van der Waals surface area (Å²) < 4.78 is 3.60. The largest absolute Gasteiger partial charge is 0.309 e. The maximum atomic E-state index is 5.30. The van der Waals surface area contributed by atoms with Crippen molar-refractivity contribution in [2.24, 2.45) is 0 Å². The SMILES string of the molecule is c1ccc(-c2cccc(-c3cc(-c4cc5ccccc5s4)nc(-c4ccccc4-n4c5ccccc5c5ccccc54)n3)c2)cc1. The van der Waals surface area contributed by atoms with Gasteiger partial charge in [0.1, 0.15) is 0 Å². The van der Waals surface area contributed by atoms with Crippen LogP contribution in [0.15, 0.2) is 164 Å². The van der Waals surface area contributed by atoms with E-state index in [0.717, 1.165) is 49.7 Å². The van der Waals surface area contributed by atoms with Crippen LogP contribution in [0.1, 0.15) is 0 Å². The second kappa shape index (κ2) is 11.0. The molecule has 0 saturated carbocycles. The summed E-state index contributed by atoms with van der Waals surface area (Å²) in [7, 11) is 0. The van der Waals surface area contributed by atoms with Gasteiger partial charge in [0.15, 0.2) is 5.82 Å². The molecule has 0 aliphatic rings. The van der Waals surface area contributed by atoms with Crippen LogP contribution in [0.2, 0.25) is 0 Å². The van der Waals surface area contributed by atoms with Gasteiger partial charge in [0, 0.05) is 26.6 Å². The second-order valence-corrected chi connectivity index (χ2v) is 12.5. The minimum atomic E-state index is 0.701. The van der Waals surface area contributed by atoms with Crippen LogP contribution in [0.25, 0.3) is 81.9 Å². The Labute approximate surface area is 270 Å². The third-order valence-electron chi connectivity index (χ3n) is 8.64. The third kappa shape index (κ3) is 4.50. The summed E-state index contributed by atoms with van der Waals surface area (Å²) in [6, 6.07) is 57.8. The summed E-state index contributed by atoms with van der Waals surface area (Å²) in [6.45, 7) is 0. The molecule has 0 unspecified atom stereocenters. The summed E-state index contributed by atoms with van der Waals surface area (Å²) in [4.78, 5) is 11.7. The van der Waals surface area contributed by atoms with Crippen molar-refractivity contribution in [2.45, 2.75) is 0 Å². The van der Waals surface area contributed by atoms with Crippen molar-refractivity contribution in [1.82, 2.24) is 14.5 Å². The number of nitrogens with zero attached hydrogens (tertiary/aromatic N) is 3. The van der Waals surface area contributed by atoms with E-state index >= 15 is 0 Å². The molecule has 0 amide bonds. The fraction of sp³-hybridized carbons (Fsp3) is 0. The molecule has 0 spiro atoms.